The van der Waals surface area contributed by atoms with E-state index < -0.39 is 0 Å². The lowest BCUT2D eigenvalue weighted by molar-refractivity contribution is -0.362. The van der Waals surface area contributed by atoms with Crippen LogP contribution in [0.5, 0.6) is 0 Å². The summed E-state index contributed by atoms with van der Waals surface area (Å²) in [5, 5.41) is 1.13. The molecule has 3 heterocycles. The standard InChI is InChI=1S/C25H24N4O/c26-17-18-6-8-20(9-7-18)24-21(19-4-2-1-3-5-19)16-22-23(28-24)10-11-27-25(22)29-12-14-30-15-13-29/h1-11,16H,12-15,17,26H2/p+1. The molecule has 2 aromatic carbocycles. The van der Waals surface area contributed by atoms with Crippen LogP contribution in [0.1, 0.15) is 5.56 Å². The first-order valence-corrected chi connectivity index (χ1v) is 10.4. The Hall–Kier alpha value is -3.28. The molecule has 0 spiro atoms. The van der Waals surface area contributed by atoms with Gasteiger partial charge in [-0.05, 0) is 17.2 Å². The van der Waals surface area contributed by atoms with Crippen LogP contribution in [0.2, 0.25) is 0 Å². The Balaban J connectivity index is 1.72. The Labute approximate surface area is 176 Å². The van der Waals surface area contributed by atoms with Crippen molar-refractivity contribution >= 4 is 16.7 Å². The highest BCUT2D eigenvalue weighted by Gasteiger charge is 2.23. The minimum atomic E-state index is 0.537. The molecule has 1 saturated heterocycles. The van der Waals surface area contributed by atoms with Crippen molar-refractivity contribution in [3.05, 3.63) is 78.5 Å². The number of H-pyrrole nitrogens is 1. The van der Waals surface area contributed by atoms with Gasteiger partial charge in [-0.1, -0.05) is 54.6 Å². The van der Waals surface area contributed by atoms with E-state index in [9.17, 15) is 0 Å². The van der Waals surface area contributed by atoms with E-state index in [0.717, 1.165) is 71.0 Å². The van der Waals surface area contributed by atoms with Crippen LogP contribution in [0, 0.1) is 0 Å². The number of ether oxygens (including phenoxy) is 1. The molecule has 5 rings (SSSR count). The number of morpholine rings is 1. The molecule has 30 heavy (non-hydrogen) atoms. The molecular formula is C25H25N4O+. The fourth-order valence-electron chi connectivity index (χ4n) is 4.03. The number of hydrogen-bond acceptors (Lipinski definition) is 4. The van der Waals surface area contributed by atoms with Crippen molar-refractivity contribution < 1.29 is 9.72 Å². The number of fused-ring (bicyclic) bond motifs is 1. The number of nitrogens with one attached hydrogen (secondary N) is 1. The van der Waals surface area contributed by atoms with Crippen LogP contribution in [-0.2, 0) is 11.3 Å². The van der Waals surface area contributed by atoms with Crippen molar-refractivity contribution in [3.8, 4) is 22.4 Å². The number of aromatic amines is 1. The second kappa shape index (κ2) is 8.22. The van der Waals surface area contributed by atoms with Crippen LogP contribution >= 0.6 is 0 Å². The molecule has 1 aliphatic rings. The molecule has 0 saturated carbocycles. The van der Waals surface area contributed by atoms with E-state index in [1.807, 2.05) is 18.3 Å². The number of rotatable bonds is 4. The summed E-state index contributed by atoms with van der Waals surface area (Å²) < 4.78 is 5.54. The lowest BCUT2D eigenvalue weighted by atomic mass is 9.97. The van der Waals surface area contributed by atoms with Gasteiger partial charge in [-0.3, -0.25) is 4.90 Å². The van der Waals surface area contributed by atoms with Gasteiger partial charge in [-0.25, -0.2) is 9.97 Å². The molecule has 0 aliphatic carbocycles. The smallest absolute Gasteiger partial charge is 0.284 e. The maximum absolute atomic E-state index is 5.79. The van der Waals surface area contributed by atoms with E-state index in [1.165, 1.54) is 0 Å². The second-order valence-corrected chi connectivity index (χ2v) is 7.51. The van der Waals surface area contributed by atoms with E-state index in [0.29, 0.717) is 6.54 Å². The van der Waals surface area contributed by atoms with Gasteiger partial charge in [-0.2, -0.15) is 0 Å². The van der Waals surface area contributed by atoms with Crippen molar-refractivity contribution in [1.82, 2.24) is 4.98 Å². The molecule has 0 atom stereocenters. The molecular weight excluding hydrogens is 372 g/mol. The summed E-state index contributed by atoms with van der Waals surface area (Å²) in [6, 6.07) is 23.2. The lowest BCUT2D eigenvalue weighted by Gasteiger charge is -2.22. The normalized spacial score (nSPS) is 14.2. The zero-order valence-corrected chi connectivity index (χ0v) is 16.8. The highest BCUT2D eigenvalue weighted by atomic mass is 16.5. The third-order valence-electron chi connectivity index (χ3n) is 5.64. The molecule has 4 aromatic rings. The number of hydrogen-bond donors (Lipinski definition) is 1. The Morgan fingerprint density at radius 3 is 2.43 bits per heavy atom. The summed E-state index contributed by atoms with van der Waals surface area (Å²) in [5.74, 6) is 1.10. The molecule has 1 fully saturated rings. The van der Waals surface area contributed by atoms with E-state index in [4.69, 9.17) is 15.5 Å². The predicted octanol–water partition coefficient (Wildman–Crippen LogP) is 3.68. The minimum absolute atomic E-state index is 0.537. The third kappa shape index (κ3) is 3.54. The molecule has 0 bridgehead atoms. The van der Waals surface area contributed by atoms with Gasteiger partial charge < -0.3 is 10.5 Å². The highest BCUT2D eigenvalue weighted by molar-refractivity contribution is 5.96. The highest BCUT2D eigenvalue weighted by Crippen LogP contribution is 2.35. The number of anilines is 1. The van der Waals surface area contributed by atoms with E-state index in [2.05, 4.69) is 64.5 Å². The maximum Gasteiger partial charge on any atom is 0.284 e. The van der Waals surface area contributed by atoms with Crippen LogP contribution in [0.4, 0.5) is 5.82 Å². The topological polar surface area (TPSA) is 65.5 Å². The van der Waals surface area contributed by atoms with Crippen molar-refractivity contribution in [2.45, 2.75) is 6.54 Å². The Morgan fingerprint density at radius 2 is 1.70 bits per heavy atom. The predicted molar refractivity (Wildman–Crippen MR) is 120 cm³/mol. The number of aromatic nitrogens is 2. The maximum atomic E-state index is 5.79. The monoisotopic (exact) mass is 397 g/mol. The largest absolute Gasteiger partial charge is 0.373 e. The lowest BCUT2D eigenvalue weighted by Crippen LogP contribution is -2.39. The van der Waals surface area contributed by atoms with Gasteiger partial charge in [0.25, 0.3) is 5.82 Å². The minimum Gasteiger partial charge on any atom is -0.373 e. The zero-order chi connectivity index (χ0) is 20.3. The summed E-state index contributed by atoms with van der Waals surface area (Å²) >= 11 is 0. The van der Waals surface area contributed by atoms with Crippen LogP contribution in [0.25, 0.3) is 33.3 Å². The molecule has 2 aromatic heterocycles. The van der Waals surface area contributed by atoms with Gasteiger partial charge in [0, 0.05) is 23.7 Å². The molecule has 5 heteroatoms. The van der Waals surface area contributed by atoms with Gasteiger partial charge in [0.05, 0.1) is 36.0 Å². The van der Waals surface area contributed by atoms with Crippen LogP contribution in [-0.4, -0.2) is 31.3 Å². The van der Waals surface area contributed by atoms with Gasteiger partial charge in [-0.15, -0.1) is 0 Å². The Bertz CT molecular complexity index is 1150. The van der Waals surface area contributed by atoms with Crippen LogP contribution < -0.4 is 15.6 Å². The molecule has 0 unspecified atom stereocenters. The summed E-state index contributed by atoms with van der Waals surface area (Å²) in [5.41, 5.74) is 12.2. The van der Waals surface area contributed by atoms with Crippen molar-refractivity contribution in [3.63, 3.8) is 0 Å². The number of nitrogens with zero attached hydrogens (tertiary/aromatic N) is 2. The Morgan fingerprint density at radius 1 is 0.933 bits per heavy atom. The molecule has 5 nitrogen and oxygen atoms in total. The summed E-state index contributed by atoms with van der Waals surface area (Å²) in [6.07, 6.45) is 1.98. The summed E-state index contributed by atoms with van der Waals surface area (Å²) in [4.78, 5) is 10.9. The summed E-state index contributed by atoms with van der Waals surface area (Å²) in [6.45, 7) is 3.77. The fraction of sp³-hybridized carbons (Fsp3) is 0.200. The molecule has 150 valence electrons. The first-order chi connectivity index (χ1) is 14.8. The second-order valence-electron chi connectivity index (χ2n) is 7.51. The van der Waals surface area contributed by atoms with Gasteiger partial charge in [0.1, 0.15) is 13.1 Å². The SMILES string of the molecule is NCc1ccc(-c2nc3cc[nH+]c(N4CCOCC4)c3cc2-c2ccccc2)cc1. The van der Waals surface area contributed by atoms with Gasteiger partial charge in [0.15, 0.2) is 0 Å². The van der Waals surface area contributed by atoms with E-state index in [1.54, 1.807) is 0 Å². The Kier molecular flexibility index (Phi) is 5.13. The average molecular weight is 398 g/mol. The van der Waals surface area contributed by atoms with Crippen LogP contribution in [0.3, 0.4) is 0 Å². The third-order valence-corrected chi connectivity index (χ3v) is 5.64. The molecule has 0 radical (unpaired) electrons. The van der Waals surface area contributed by atoms with Crippen molar-refractivity contribution in [1.29, 1.82) is 0 Å². The first-order valence-electron chi connectivity index (χ1n) is 10.4. The van der Waals surface area contributed by atoms with Crippen molar-refractivity contribution in [2.75, 3.05) is 31.2 Å². The summed E-state index contributed by atoms with van der Waals surface area (Å²) in [7, 11) is 0. The van der Waals surface area contributed by atoms with Gasteiger partial charge >= 0.3 is 0 Å². The zero-order valence-electron chi connectivity index (χ0n) is 16.8. The van der Waals surface area contributed by atoms with Crippen LogP contribution in [0.15, 0.2) is 72.9 Å². The quantitative estimate of drug-likeness (QED) is 0.571. The fourth-order valence-corrected chi connectivity index (χ4v) is 4.03. The van der Waals surface area contributed by atoms with Crippen molar-refractivity contribution in [2.24, 2.45) is 5.73 Å². The number of pyridine rings is 2. The number of nitrogens with two attached hydrogens (primary N) is 1. The first kappa shape index (κ1) is 18.7. The molecule has 1 aliphatic heterocycles. The van der Waals surface area contributed by atoms with E-state index >= 15 is 0 Å². The number of benzene rings is 2. The van der Waals surface area contributed by atoms with Gasteiger partial charge in [0.2, 0.25) is 0 Å². The average Bonchev–Trinajstić information content (AvgIpc) is 2.84. The molecule has 3 N–H and O–H groups in total. The molecule has 0 amide bonds. The van der Waals surface area contributed by atoms with E-state index in [-0.39, 0.29) is 0 Å².